The number of carbonyl (C=O) groups excluding carboxylic acids is 1. The van der Waals surface area contributed by atoms with Crippen molar-refractivity contribution < 1.29 is 22.9 Å². The average molecular weight is 457 g/mol. The normalized spacial score (nSPS) is 11.3. The Morgan fingerprint density at radius 3 is 2.37 bits per heavy atom. The highest BCUT2D eigenvalue weighted by Crippen LogP contribution is 2.33. The number of sulfonamides is 1. The van der Waals surface area contributed by atoms with E-state index in [0.717, 1.165) is 16.4 Å². The van der Waals surface area contributed by atoms with Gasteiger partial charge in [-0.2, -0.15) is 0 Å². The van der Waals surface area contributed by atoms with Crippen LogP contribution in [0.4, 0.5) is 11.4 Å². The summed E-state index contributed by atoms with van der Waals surface area (Å²) in [5.74, 6) is -0.775. The fourth-order valence-electron chi connectivity index (χ4n) is 2.32. The summed E-state index contributed by atoms with van der Waals surface area (Å²) in [6.45, 7) is 2.64. The molecule has 0 fully saturated rings. The van der Waals surface area contributed by atoms with E-state index in [1.165, 1.54) is 18.2 Å². The molecule has 0 saturated heterocycles. The van der Waals surface area contributed by atoms with Crippen LogP contribution in [-0.2, 0) is 19.6 Å². The van der Waals surface area contributed by atoms with Gasteiger partial charge < -0.3 is 4.74 Å². The second-order valence-electron chi connectivity index (χ2n) is 5.73. The van der Waals surface area contributed by atoms with Crippen LogP contribution in [-0.4, -0.2) is 32.0 Å². The number of ether oxygens (including phenoxy) is 1. The van der Waals surface area contributed by atoms with Gasteiger partial charge in [-0.05, 0) is 48.0 Å². The van der Waals surface area contributed by atoms with Crippen LogP contribution in [0.2, 0.25) is 0 Å². The molecule has 0 radical (unpaired) electrons. The van der Waals surface area contributed by atoms with E-state index in [-0.39, 0.29) is 5.69 Å². The molecule has 0 spiro atoms. The Bertz CT molecular complexity index is 961. The molecule has 0 bridgehead atoms. The zero-order chi connectivity index (χ0) is 20.2. The summed E-state index contributed by atoms with van der Waals surface area (Å²) >= 11 is 3.26. The number of anilines is 1. The minimum atomic E-state index is -4.42. The summed E-state index contributed by atoms with van der Waals surface area (Å²) in [5, 5.41) is 11.3. The van der Waals surface area contributed by atoms with Crippen molar-refractivity contribution in [1.82, 2.24) is 0 Å². The summed E-state index contributed by atoms with van der Waals surface area (Å²) in [5.41, 5.74) is -0.414. The molecule has 27 heavy (non-hydrogen) atoms. The molecule has 10 heteroatoms. The molecule has 2 aromatic carbocycles. The molecule has 0 aliphatic rings. The predicted octanol–water partition coefficient (Wildman–Crippen LogP) is 3.50. The smallest absolute Gasteiger partial charge is 0.327 e. The van der Waals surface area contributed by atoms with Gasteiger partial charge in [-0.15, -0.1) is 0 Å². The first-order chi connectivity index (χ1) is 12.6. The third kappa shape index (κ3) is 4.83. The van der Waals surface area contributed by atoms with Crippen LogP contribution < -0.4 is 4.31 Å². The van der Waals surface area contributed by atoms with E-state index in [4.69, 9.17) is 4.74 Å². The molecule has 0 aliphatic heterocycles. The van der Waals surface area contributed by atoms with Crippen molar-refractivity contribution in [3.63, 3.8) is 0 Å². The van der Waals surface area contributed by atoms with Gasteiger partial charge in [0.25, 0.3) is 15.7 Å². The molecule has 8 nitrogen and oxygen atoms in total. The van der Waals surface area contributed by atoms with E-state index in [1.807, 2.05) is 0 Å². The van der Waals surface area contributed by atoms with Crippen molar-refractivity contribution in [2.75, 3.05) is 10.8 Å². The minimum Gasteiger partial charge on any atom is -0.462 e. The van der Waals surface area contributed by atoms with Gasteiger partial charge in [-0.25, -0.2) is 8.42 Å². The topological polar surface area (TPSA) is 107 Å². The number of carbonyl (C=O) groups is 1. The van der Waals surface area contributed by atoms with Crippen LogP contribution in [0, 0.1) is 10.1 Å². The van der Waals surface area contributed by atoms with E-state index < -0.39 is 44.1 Å². The number of nitro groups is 1. The molecular weight excluding hydrogens is 440 g/mol. The SMILES string of the molecule is CC(C)OC(=O)CN(c1ccccc1Br)S(=O)(=O)c1ccccc1[N+](=O)[O-]. The molecule has 0 aliphatic carbocycles. The van der Waals surface area contributed by atoms with Gasteiger partial charge in [0.2, 0.25) is 0 Å². The molecule has 0 amide bonds. The monoisotopic (exact) mass is 456 g/mol. The van der Waals surface area contributed by atoms with E-state index in [1.54, 1.807) is 32.0 Å². The van der Waals surface area contributed by atoms with Crippen LogP contribution >= 0.6 is 15.9 Å². The van der Waals surface area contributed by atoms with Gasteiger partial charge in [0, 0.05) is 10.5 Å². The fourth-order valence-corrected chi connectivity index (χ4v) is 4.52. The lowest BCUT2D eigenvalue weighted by atomic mass is 10.3. The maximum atomic E-state index is 13.2. The number of esters is 1. The number of rotatable bonds is 7. The van der Waals surface area contributed by atoms with Gasteiger partial charge in [0.15, 0.2) is 4.90 Å². The molecule has 0 heterocycles. The van der Waals surface area contributed by atoms with Crippen molar-refractivity contribution in [3.05, 3.63) is 63.1 Å². The summed E-state index contributed by atoms with van der Waals surface area (Å²) in [6, 6.07) is 11.3. The average Bonchev–Trinajstić information content (AvgIpc) is 2.59. The second-order valence-corrected chi connectivity index (χ2v) is 8.41. The van der Waals surface area contributed by atoms with Gasteiger partial charge in [-0.1, -0.05) is 24.3 Å². The zero-order valence-corrected chi connectivity index (χ0v) is 16.9. The highest BCUT2D eigenvalue weighted by molar-refractivity contribution is 9.10. The highest BCUT2D eigenvalue weighted by Gasteiger charge is 2.34. The first-order valence-electron chi connectivity index (χ1n) is 7.84. The lowest BCUT2D eigenvalue weighted by Crippen LogP contribution is -2.37. The van der Waals surface area contributed by atoms with E-state index in [2.05, 4.69) is 15.9 Å². The van der Waals surface area contributed by atoms with Crippen LogP contribution in [0.3, 0.4) is 0 Å². The quantitative estimate of drug-likeness (QED) is 0.358. The van der Waals surface area contributed by atoms with Crippen LogP contribution in [0.25, 0.3) is 0 Å². The molecule has 0 saturated carbocycles. The lowest BCUT2D eigenvalue weighted by molar-refractivity contribution is -0.387. The van der Waals surface area contributed by atoms with Gasteiger partial charge in [-0.3, -0.25) is 19.2 Å². The maximum absolute atomic E-state index is 13.2. The number of hydrogen-bond acceptors (Lipinski definition) is 6. The van der Waals surface area contributed by atoms with Crippen LogP contribution in [0.5, 0.6) is 0 Å². The third-order valence-corrected chi connectivity index (χ3v) is 5.87. The second kappa shape index (κ2) is 8.49. The molecule has 0 N–H and O–H groups in total. The maximum Gasteiger partial charge on any atom is 0.327 e. The fraction of sp³-hybridized carbons (Fsp3) is 0.235. The number of benzene rings is 2. The highest BCUT2D eigenvalue weighted by atomic mass is 79.9. The number of nitro benzene ring substituents is 1. The number of para-hydroxylation sites is 2. The van der Waals surface area contributed by atoms with Crippen molar-refractivity contribution in [3.8, 4) is 0 Å². The largest absolute Gasteiger partial charge is 0.462 e. The van der Waals surface area contributed by atoms with Crippen molar-refractivity contribution >= 4 is 43.3 Å². The Morgan fingerprint density at radius 2 is 1.78 bits per heavy atom. The Morgan fingerprint density at radius 1 is 1.19 bits per heavy atom. The summed E-state index contributed by atoms with van der Waals surface area (Å²) in [6.07, 6.45) is -0.438. The van der Waals surface area contributed by atoms with Crippen LogP contribution in [0.15, 0.2) is 57.9 Å². The van der Waals surface area contributed by atoms with Crippen molar-refractivity contribution in [2.24, 2.45) is 0 Å². The molecule has 144 valence electrons. The molecular formula is C17H17BrN2O6S. The lowest BCUT2D eigenvalue weighted by Gasteiger charge is -2.25. The van der Waals surface area contributed by atoms with Gasteiger partial charge >= 0.3 is 5.97 Å². The first kappa shape index (κ1) is 20.8. The molecule has 0 atom stereocenters. The first-order valence-corrected chi connectivity index (χ1v) is 10.1. The summed E-state index contributed by atoms with van der Waals surface area (Å²) < 4.78 is 32.7. The molecule has 2 rings (SSSR count). The Labute approximate surface area is 165 Å². The minimum absolute atomic E-state index is 0.163. The summed E-state index contributed by atoms with van der Waals surface area (Å²) in [4.78, 5) is 22.2. The van der Waals surface area contributed by atoms with Crippen molar-refractivity contribution in [2.45, 2.75) is 24.8 Å². The third-order valence-electron chi connectivity index (χ3n) is 3.39. The summed E-state index contributed by atoms with van der Waals surface area (Å²) in [7, 11) is -4.42. The van der Waals surface area contributed by atoms with E-state index >= 15 is 0 Å². The van der Waals surface area contributed by atoms with E-state index in [9.17, 15) is 23.3 Å². The Balaban J connectivity index is 2.61. The standard InChI is InChI=1S/C17H17BrN2O6S/c1-12(2)26-17(21)11-19(14-8-4-3-7-13(14)18)27(24,25)16-10-6-5-9-15(16)20(22)23/h3-10,12H,11H2,1-2H3. The Kier molecular flexibility index (Phi) is 6.55. The van der Waals surface area contributed by atoms with Gasteiger partial charge in [0.1, 0.15) is 6.54 Å². The number of hydrogen-bond donors (Lipinski definition) is 0. The Hall–Kier alpha value is -2.46. The number of halogens is 1. The number of nitrogens with zero attached hydrogens (tertiary/aromatic N) is 2. The van der Waals surface area contributed by atoms with Gasteiger partial charge in [0.05, 0.1) is 16.7 Å². The van der Waals surface area contributed by atoms with Crippen LogP contribution in [0.1, 0.15) is 13.8 Å². The zero-order valence-electron chi connectivity index (χ0n) is 14.5. The van der Waals surface area contributed by atoms with E-state index in [0.29, 0.717) is 4.47 Å². The predicted molar refractivity (Wildman–Crippen MR) is 103 cm³/mol. The molecule has 2 aromatic rings. The van der Waals surface area contributed by atoms with Crippen molar-refractivity contribution in [1.29, 1.82) is 0 Å². The molecule has 0 aromatic heterocycles. The molecule has 0 unspecified atom stereocenters.